The van der Waals surface area contributed by atoms with E-state index in [0.29, 0.717) is 16.9 Å². The maximum Gasteiger partial charge on any atom is 0.332 e. The summed E-state index contributed by atoms with van der Waals surface area (Å²) in [7, 11) is 1.67. The van der Waals surface area contributed by atoms with Crippen LogP contribution in [-0.2, 0) is 13.6 Å². The molecule has 5 rings (SSSR count). The van der Waals surface area contributed by atoms with Crippen LogP contribution in [0.15, 0.2) is 58.3 Å². The van der Waals surface area contributed by atoms with Crippen molar-refractivity contribution in [1.29, 1.82) is 0 Å². The average Bonchev–Trinajstić information content (AvgIpc) is 3.27. The molecule has 0 unspecified atom stereocenters. The predicted octanol–water partition coefficient (Wildman–Crippen LogP) is 3.42. The highest BCUT2D eigenvalue weighted by molar-refractivity contribution is 5.76. The molecule has 7 heteroatoms. The number of imidazole rings is 2. The molecule has 0 amide bonds. The van der Waals surface area contributed by atoms with E-state index in [1.807, 2.05) is 53.3 Å². The lowest BCUT2D eigenvalue weighted by atomic mass is 10.1. The first-order chi connectivity index (χ1) is 15.3. The van der Waals surface area contributed by atoms with Gasteiger partial charge < -0.3 is 0 Å². The molecule has 0 bridgehead atoms. The second-order valence-corrected chi connectivity index (χ2v) is 8.51. The van der Waals surface area contributed by atoms with Crippen LogP contribution in [-0.4, -0.2) is 23.1 Å². The van der Waals surface area contributed by atoms with Crippen LogP contribution in [0.1, 0.15) is 27.9 Å². The Kier molecular flexibility index (Phi) is 4.44. The van der Waals surface area contributed by atoms with E-state index in [1.54, 1.807) is 7.05 Å². The predicted molar refractivity (Wildman–Crippen MR) is 126 cm³/mol. The van der Waals surface area contributed by atoms with Gasteiger partial charge in [0.25, 0.3) is 5.56 Å². The Morgan fingerprint density at radius 2 is 1.69 bits per heavy atom. The number of aromatic nitrogens is 5. The summed E-state index contributed by atoms with van der Waals surface area (Å²) in [5.41, 5.74) is 6.28. The van der Waals surface area contributed by atoms with Crippen molar-refractivity contribution in [3.8, 4) is 5.69 Å². The Bertz CT molecular complexity index is 1650. The summed E-state index contributed by atoms with van der Waals surface area (Å²) in [6, 6.07) is 14.0. The van der Waals surface area contributed by atoms with Gasteiger partial charge in [0.05, 0.1) is 12.2 Å². The summed E-state index contributed by atoms with van der Waals surface area (Å²) in [5.74, 6) is 0.618. The van der Waals surface area contributed by atoms with Crippen molar-refractivity contribution in [2.75, 3.05) is 0 Å². The van der Waals surface area contributed by atoms with Gasteiger partial charge in [0, 0.05) is 18.9 Å². The van der Waals surface area contributed by atoms with Crippen molar-refractivity contribution in [1.82, 2.24) is 23.1 Å². The fraction of sp³-hybridized carbons (Fsp3) is 0.240. The molecule has 0 fully saturated rings. The van der Waals surface area contributed by atoms with Gasteiger partial charge in [-0.25, -0.2) is 4.79 Å². The fourth-order valence-corrected chi connectivity index (χ4v) is 4.37. The third kappa shape index (κ3) is 2.85. The SMILES string of the molecule is Cc1ccc(C)c(-n2c(C)cn3c4c(=O)n(Cc5ccccc5C)c(=O)n(C)c4nc23)c1. The molecule has 0 radical (unpaired) electrons. The minimum absolute atomic E-state index is 0.220. The smallest absolute Gasteiger partial charge is 0.283 e. The third-order valence-corrected chi connectivity index (χ3v) is 6.22. The zero-order valence-corrected chi connectivity index (χ0v) is 18.9. The van der Waals surface area contributed by atoms with Gasteiger partial charge in [0.2, 0.25) is 5.78 Å². The van der Waals surface area contributed by atoms with E-state index in [0.717, 1.165) is 33.6 Å². The van der Waals surface area contributed by atoms with Crippen molar-refractivity contribution >= 4 is 16.9 Å². The average molecular weight is 428 g/mol. The minimum Gasteiger partial charge on any atom is -0.283 e. The van der Waals surface area contributed by atoms with Crippen LogP contribution in [0.4, 0.5) is 0 Å². The van der Waals surface area contributed by atoms with Crippen molar-refractivity contribution < 1.29 is 0 Å². The first-order valence-electron chi connectivity index (χ1n) is 10.6. The summed E-state index contributed by atoms with van der Waals surface area (Å²) in [6.45, 7) is 8.30. The quantitative estimate of drug-likeness (QED) is 0.443. The highest BCUT2D eigenvalue weighted by Crippen LogP contribution is 2.24. The second-order valence-electron chi connectivity index (χ2n) is 8.51. The number of nitrogens with zero attached hydrogens (tertiary/aromatic N) is 5. The first kappa shape index (κ1) is 20.1. The molecule has 0 aliphatic rings. The van der Waals surface area contributed by atoms with E-state index in [1.165, 1.54) is 9.13 Å². The molecule has 0 aliphatic carbocycles. The molecule has 3 aromatic heterocycles. The fourth-order valence-electron chi connectivity index (χ4n) is 4.37. The first-order valence-corrected chi connectivity index (χ1v) is 10.6. The zero-order valence-electron chi connectivity index (χ0n) is 18.9. The van der Waals surface area contributed by atoms with Crippen LogP contribution in [0.3, 0.4) is 0 Å². The van der Waals surface area contributed by atoms with E-state index in [9.17, 15) is 9.59 Å². The van der Waals surface area contributed by atoms with E-state index >= 15 is 0 Å². The van der Waals surface area contributed by atoms with Crippen LogP contribution in [0, 0.1) is 27.7 Å². The van der Waals surface area contributed by atoms with Gasteiger partial charge in [0.15, 0.2) is 11.2 Å². The molecule has 0 spiro atoms. The third-order valence-electron chi connectivity index (χ3n) is 6.22. The Labute approximate surface area is 184 Å². The maximum atomic E-state index is 13.5. The lowest BCUT2D eigenvalue weighted by molar-refractivity contribution is 0.654. The number of benzene rings is 2. The van der Waals surface area contributed by atoms with Gasteiger partial charge in [-0.15, -0.1) is 0 Å². The highest BCUT2D eigenvalue weighted by atomic mass is 16.2. The summed E-state index contributed by atoms with van der Waals surface area (Å²) < 4.78 is 6.61. The Balaban J connectivity index is 1.83. The highest BCUT2D eigenvalue weighted by Gasteiger charge is 2.21. The monoisotopic (exact) mass is 427 g/mol. The van der Waals surface area contributed by atoms with Crippen molar-refractivity contribution in [3.05, 3.63) is 97.4 Å². The van der Waals surface area contributed by atoms with Crippen LogP contribution < -0.4 is 11.2 Å². The Morgan fingerprint density at radius 1 is 0.938 bits per heavy atom. The molecule has 5 aromatic rings. The van der Waals surface area contributed by atoms with E-state index < -0.39 is 0 Å². The van der Waals surface area contributed by atoms with E-state index in [2.05, 4.69) is 32.0 Å². The molecular weight excluding hydrogens is 402 g/mol. The van der Waals surface area contributed by atoms with Crippen molar-refractivity contribution in [3.63, 3.8) is 0 Å². The van der Waals surface area contributed by atoms with Crippen LogP contribution >= 0.6 is 0 Å². The number of fused-ring (bicyclic) bond motifs is 3. The number of aryl methyl sites for hydroxylation is 5. The molecule has 0 saturated heterocycles. The van der Waals surface area contributed by atoms with E-state index in [-0.39, 0.29) is 17.8 Å². The maximum absolute atomic E-state index is 13.5. The van der Waals surface area contributed by atoms with Gasteiger partial charge in [0.1, 0.15) is 0 Å². The topological polar surface area (TPSA) is 66.2 Å². The lowest BCUT2D eigenvalue weighted by Crippen LogP contribution is -2.39. The lowest BCUT2D eigenvalue weighted by Gasteiger charge is -2.10. The number of hydrogen-bond acceptors (Lipinski definition) is 3. The van der Waals surface area contributed by atoms with Gasteiger partial charge >= 0.3 is 5.69 Å². The molecule has 7 nitrogen and oxygen atoms in total. The normalized spacial score (nSPS) is 11.7. The Morgan fingerprint density at radius 3 is 2.44 bits per heavy atom. The van der Waals surface area contributed by atoms with E-state index in [4.69, 9.17) is 4.98 Å². The summed E-state index contributed by atoms with van der Waals surface area (Å²) >= 11 is 0. The largest absolute Gasteiger partial charge is 0.332 e. The molecule has 0 N–H and O–H groups in total. The van der Waals surface area contributed by atoms with Gasteiger partial charge in [-0.1, -0.05) is 36.4 Å². The van der Waals surface area contributed by atoms with Crippen LogP contribution in [0.2, 0.25) is 0 Å². The molecular formula is C25H25N5O2. The summed E-state index contributed by atoms with van der Waals surface area (Å²) in [6.07, 6.45) is 1.91. The molecule has 0 saturated carbocycles. The molecule has 162 valence electrons. The second kappa shape index (κ2) is 7.09. The van der Waals surface area contributed by atoms with Crippen molar-refractivity contribution in [2.24, 2.45) is 7.05 Å². The van der Waals surface area contributed by atoms with Crippen molar-refractivity contribution in [2.45, 2.75) is 34.2 Å². The van der Waals surface area contributed by atoms with Gasteiger partial charge in [-0.3, -0.25) is 22.9 Å². The molecule has 0 aliphatic heterocycles. The standard InChI is InChI=1S/C25H25N5O2/c1-15-10-11-17(3)20(12-15)30-18(4)13-28-21-22(26-24(28)30)27(5)25(32)29(23(21)31)14-19-9-7-6-8-16(19)2/h6-13H,14H2,1-5H3. The van der Waals surface area contributed by atoms with Gasteiger partial charge in [-0.05, 0) is 56.0 Å². The summed E-state index contributed by atoms with van der Waals surface area (Å²) in [4.78, 5) is 31.4. The molecule has 32 heavy (non-hydrogen) atoms. The Hall–Kier alpha value is -3.87. The zero-order chi connectivity index (χ0) is 22.7. The minimum atomic E-state index is -0.374. The number of rotatable bonds is 3. The molecule has 3 heterocycles. The number of hydrogen-bond donors (Lipinski definition) is 0. The molecule has 2 aromatic carbocycles. The van der Waals surface area contributed by atoms with Crippen LogP contribution in [0.25, 0.3) is 22.6 Å². The van der Waals surface area contributed by atoms with Gasteiger partial charge in [-0.2, -0.15) is 4.98 Å². The van der Waals surface area contributed by atoms with Crippen LogP contribution in [0.5, 0.6) is 0 Å². The molecule has 0 atom stereocenters. The summed E-state index contributed by atoms with van der Waals surface area (Å²) in [5, 5.41) is 0.